The first kappa shape index (κ1) is 23.0. The normalized spacial score (nSPS) is 13.4. The number of carbonyl (C=O) groups is 2. The van der Waals surface area contributed by atoms with Crippen molar-refractivity contribution in [3.05, 3.63) is 95.4 Å². The lowest BCUT2D eigenvalue weighted by Crippen LogP contribution is -2.35. The Morgan fingerprint density at radius 1 is 0.882 bits per heavy atom. The van der Waals surface area contributed by atoms with Crippen LogP contribution < -0.4 is 9.47 Å². The molecule has 0 aliphatic carbocycles. The minimum absolute atomic E-state index is 0.0989. The predicted octanol–water partition coefficient (Wildman–Crippen LogP) is 3.90. The summed E-state index contributed by atoms with van der Waals surface area (Å²) in [5.74, 6) is 0.344. The van der Waals surface area contributed by atoms with Crippen LogP contribution in [-0.4, -0.2) is 47.4 Å². The number of methoxy groups -OCH3 is 2. The van der Waals surface area contributed by atoms with Crippen LogP contribution in [0.1, 0.15) is 23.7 Å². The number of nitrogens with zero attached hydrogens (tertiary/aromatic N) is 3. The number of benzene rings is 2. The van der Waals surface area contributed by atoms with E-state index in [1.165, 1.54) is 4.90 Å². The summed E-state index contributed by atoms with van der Waals surface area (Å²) in [7, 11) is 3.10. The van der Waals surface area contributed by atoms with Gasteiger partial charge in [0.1, 0.15) is 5.70 Å². The van der Waals surface area contributed by atoms with Crippen molar-refractivity contribution in [2.75, 3.05) is 20.8 Å². The standard InChI is InChI=1S/C27H27N3O4/c1-4-29(17-19-10-6-5-7-11-19)25-24(20-13-14-22(33-2)23(16-20)34-3)26(31)30(27(25)32)18-21-12-8-9-15-28-21/h5-16H,4,17-18H2,1-3H3. The van der Waals surface area contributed by atoms with E-state index in [2.05, 4.69) is 4.98 Å². The molecule has 7 nitrogen and oxygen atoms in total. The quantitative estimate of drug-likeness (QED) is 0.454. The van der Waals surface area contributed by atoms with E-state index in [4.69, 9.17) is 9.47 Å². The van der Waals surface area contributed by atoms with Crippen molar-refractivity contribution in [1.82, 2.24) is 14.8 Å². The van der Waals surface area contributed by atoms with E-state index in [-0.39, 0.29) is 18.4 Å². The largest absolute Gasteiger partial charge is 0.493 e. The summed E-state index contributed by atoms with van der Waals surface area (Å²) in [6.07, 6.45) is 1.65. The van der Waals surface area contributed by atoms with Crippen LogP contribution in [0.5, 0.6) is 11.5 Å². The number of pyridine rings is 1. The van der Waals surface area contributed by atoms with Crippen molar-refractivity contribution in [2.45, 2.75) is 20.0 Å². The zero-order valence-electron chi connectivity index (χ0n) is 19.5. The highest BCUT2D eigenvalue weighted by molar-refractivity contribution is 6.35. The molecule has 0 saturated carbocycles. The number of ether oxygens (including phenoxy) is 2. The minimum atomic E-state index is -0.357. The fourth-order valence-electron chi connectivity index (χ4n) is 4.06. The molecule has 0 bridgehead atoms. The number of imide groups is 1. The van der Waals surface area contributed by atoms with E-state index < -0.39 is 0 Å². The number of hydrogen-bond acceptors (Lipinski definition) is 6. The molecule has 1 aromatic heterocycles. The molecular formula is C27H27N3O4. The molecule has 0 unspecified atom stereocenters. The number of likely N-dealkylation sites (N-methyl/N-ethyl adjacent to an activating group) is 1. The molecular weight excluding hydrogens is 430 g/mol. The molecule has 2 aromatic carbocycles. The first-order valence-electron chi connectivity index (χ1n) is 11.1. The first-order chi connectivity index (χ1) is 16.6. The van der Waals surface area contributed by atoms with Gasteiger partial charge in [-0.25, -0.2) is 0 Å². The maximum atomic E-state index is 13.7. The average Bonchev–Trinajstić information content (AvgIpc) is 3.12. The molecule has 1 aliphatic heterocycles. The molecule has 7 heteroatoms. The minimum Gasteiger partial charge on any atom is -0.493 e. The molecule has 174 valence electrons. The molecule has 0 spiro atoms. The Morgan fingerprint density at radius 3 is 2.26 bits per heavy atom. The van der Waals surface area contributed by atoms with Crippen LogP contribution in [0.25, 0.3) is 5.57 Å². The highest BCUT2D eigenvalue weighted by Crippen LogP contribution is 2.37. The van der Waals surface area contributed by atoms with Gasteiger partial charge in [0.05, 0.1) is 32.0 Å². The van der Waals surface area contributed by atoms with Crippen LogP contribution in [0.2, 0.25) is 0 Å². The third-order valence-corrected chi connectivity index (χ3v) is 5.78. The van der Waals surface area contributed by atoms with E-state index in [0.717, 1.165) is 5.56 Å². The molecule has 0 N–H and O–H groups in total. The van der Waals surface area contributed by atoms with Gasteiger partial charge in [0, 0.05) is 19.3 Å². The highest BCUT2D eigenvalue weighted by Gasteiger charge is 2.41. The van der Waals surface area contributed by atoms with E-state index >= 15 is 0 Å². The van der Waals surface area contributed by atoms with Crippen LogP contribution in [0.15, 0.2) is 78.6 Å². The number of amides is 2. The van der Waals surface area contributed by atoms with Crippen molar-refractivity contribution < 1.29 is 19.1 Å². The number of rotatable bonds is 9. The molecule has 2 amide bonds. The number of aromatic nitrogens is 1. The summed E-state index contributed by atoms with van der Waals surface area (Å²) in [5, 5.41) is 0. The van der Waals surface area contributed by atoms with E-state index in [9.17, 15) is 9.59 Å². The van der Waals surface area contributed by atoms with E-state index in [1.54, 1.807) is 50.7 Å². The van der Waals surface area contributed by atoms with Gasteiger partial charge in [-0.2, -0.15) is 0 Å². The second-order valence-corrected chi connectivity index (χ2v) is 7.81. The van der Waals surface area contributed by atoms with Gasteiger partial charge in [-0.3, -0.25) is 19.5 Å². The van der Waals surface area contributed by atoms with Crippen LogP contribution in [0.3, 0.4) is 0 Å². The summed E-state index contributed by atoms with van der Waals surface area (Å²) in [4.78, 5) is 34.9. The van der Waals surface area contributed by atoms with Crippen molar-refractivity contribution >= 4 is 17.4 Å². The zero-order valence-corrected chi connectivity index (χ0v) is 19.5. The molecule has 0 radical (unpaired) electrons. The molecule has 0 fully saturated rings. The van der Waals surface area contributed by atoms with Crippen LogP contribution in [0, 0.1) is 0 Å². The summed E-state index contributed by atoms with van der Waals surface area (Å²) in [6.45, 7) is 3.13. The maximum absolute atomic E-state index is 13.7. The second-order valence-electron chi connectivity index (χ2n) is 7.81. The van der Waals surface area contributed by atoms with Crippen LogP contribution in [-0.2, 0) is 22.7 Å². The lowest BCUT2D eigenvalue weighted by molar-refractivity contribution is -0.138. The summed E-state index contributed by atoms with van der Waals surface area (Å²) < 4.78 is 10.8. The highest BCUT2D eigenvalue weighted by atomic mass is 16.5. The van der Waals surface area contributed by atoms with Crippen molar-refractivity contribution in [1.29, 1.82) is 0 Å². The van der Waals surface area contributed by atoms with Gasteiger partial charge < -0.3 is 14.4 Å². The van der Waals surface area contributed by atoms with Gasteiger partial charge in [0.2, 0.25) is 0 Å². The van der Waals surface area contributed by atoms with Gasteiger partial charge in [-0.1, -0.05) is 42.5 Å². The Labute approximate surface area is 199 Å². The molecule has 4 rings (SSSR count). The molecule has 0 atom stereocenters. The molecule has 2 heterocycles. The summed E-state index contributed by atoms with van der Waals surface area (Å²) in [6, 6.07) is 20.6. The fraction of sp³-hybridized carbons (Fsp3) is 0.222. The van der Waals surface area contributed by atoms with Gasteiger partial charge in [-0.15, -0.1) is 0 Å². The van der Waals surface area contributed by atoms with Crippen LogP contribution in [0.4, 0.5) is 0 Å². The SMILES string of the molecule is CCN(Cc1ccccc1)C1=C(c2ccc(OC)c(OC)c2)C(=O)N(Cc2ccccn2)C1=O. The zero-order chi connectivity index (χ0) is 24.1. The fourth-order valence-corrected chi connectivity index (χ4v) is 4.06. The maximum Gasteiger partial charge on any atom is 0.278 e. The van der Waals surface area contributed by atoms with Crippen molar-refractivity contribution in [2.24, 2.45) is 0 Å². The predicted molar refractivity (Wildman–Crippen MR) is 129 cm³/mol. The topological polar surface area (TPSA) is 72.0 Å². The lowest BCUT2D eigenvalue weighted by Gasteiger charge is -2.25. The summed E-state index contributed by atoms with van der Waals surface area (Å²) >= 11 is 0. The van der Waals surface area contributed by atoms with Crippen LogP contribution >= 0.6 is 0 Å². The third-order valence-electron chi connectivity index (χ3n) is 5.78. The Kier molecular flexibility index (Phi) is 6.92. The van der Waals surface area contributed by atoms with Crippen molar-refractivity contribution in [3.63, 3.8) is 0 Å². The monoisotopic (exact) mass is 457 g/mol. The van der Waals surface area contributed by atoms with E-state index in [1.807, 2.05) is 48.2 Å². The summed E-state index contributed by atoms with van der Waals surface area (Å²) in [5.41, 5.74) is 3.01. The van der Waals surface area contributed by atoms with Gasteiger partial charge in [0.15, 0.2) is 11.5 Å². The average molecular weight is 458 g/mol. The van der Waals surface area contributed by atoms with E-state index in [0.29, 0.717) is 47.1 Å². The molecule has 0 saturated heterocycles. The lowest BCUT2D eigenvalue weighted by atomic mass is 10.0. The molecule has 34 heavy (non-hydrogen) atoms. The molecule has 1 aliphatic rings. The second kappa shape index (κ2) is 10.2. The first-order valence-corrected chi connectivity index (χ1v) is 11.1. The van der Waals surface area contributed by atoms with Crippen molar-refractivity contribution in [3.8, 4) is 11.5 Å². The Balaban J connectivity index is 1.80. The van der Waals surface area contributed by atoms with Gasteiger partial charge >= 0.3 is 0 Å². The number of hydrogen-bond donors (Lipinski definition) is 0. The smallest absolute Gasteiger partial charge is 0.278 e. The van der Waals surface area contributed by atoms with Gasteiger partial charge in [0.25, 0.3) is 11.8 Å². The third kappa shape index (κ3) is 4.50. The van der Waals surface area contributed by atoms with Gasteiger partial charge in [-0.05, 0) is 42.3 Å². The Morgan fingerprint density at radius 2 is 1.62 bits per heavy atom. The Bertz CT molecular complexity index is 1210. The Hall–Kier alpha value is -4.13. The molecule has 3 aromatic rings. The number of carbonyl (C=O) groups excluding carboxylic acids is 2.